The van der Waals surface area contributed by atoms with E-state index in [0.717, 1.165) is 5.92 Å². The highest BCUT2D eigenvalue weighted by molar-refractivity contribution is 4.81. The average molecular weight is 154 g/mol. The molecule has 1 saturated heterocycles. The molecule has 1 saturated carbocycles. The minimum Gasteiger partial charge on any atom is -0.375 e. The van der Waals surface area contributed by atoms with Crippen molar-refractivity contribution in [1.82, 2.24) is 0 Å². The zero-order valence-corrected chi connectivity index (χ0v) is 7.38. The van der Waals surface area contributed by atoms with Crippen LogP contribution in [0.2, 0.25) is 0 Å². The molecule has 1 aliphatic carbocycles. The van der Waals surface area contributed by atoms with Crippen LogP contribution in [0.5, 0.6) is 0 Å². The molecule has 1 heteroatoms. The third-order valence-corrected chi connectivity index (χ3v) is 3.18. The van der Waals surface area contributed by atoms with Crippen molar-refractivity contribution in [2.75, 3.05) is 0 Å². The zero-order valence-electron chi connectivity index (χ0n) is 7.38. The lowest BCUT2D eigenvalue weighted by molar-refractivity contribution is -0.0108. The summed E-state index contributed by atoms with van der Waals surface area (Å²) < 4.78 is 5.94. The highest BCUT2D eigenvalue weighted by Gasteiger charge is 2.30. The van der Waals surface area contributed by atoms with Crippen molar-refractivity contribution in [3.05, 3.63) is 0 Å². The Labute approximate surface area is 69.1 Å². The highest BCUT2D eigenvalue weighted by Crippen LogP contribution is 2.35. The van der Waals surface area contributed by atoms with Gasteiger partial charge in [-0.2, -0.15) is 0 Å². The molecule has 2 rings (SSSR count). The molecule has 0 radical (unpaired) electrons. The second-order valence-electron chi connectivity index (χ2n) is 4.11. The summed E-state index contributed by atoms with van der Waals surface area (Å²) in [6.45, 7) is 2.22. The smallest absolute Gasteiger partial charge is 0.0606 e. The van der Waals surface area contributed by atoms with Gasteiger partial charge < -0.3 is 4.74 Å². The molecule has 1 aliphatic heterocycles. The lowest BCUT2D eigenvalue weighted by Gasteiger charge is -2.18. The molecule has 1 heterocycles. The Kier molecular flexibility index (Phi) is 2.17. The average Bonchev–Trinajstić information content (AvgIpc) is 2.31. The number of ether oxygens (including phenoxy) is 1. The van der Waals surface area contributed by atoms with Crippen LogP contribution in [0.1, 0.15) is 45.4 Å². The van der Waals surface area contributed by atoms with Gasteiger partial charge in [-0.25, -0.2) is 0 Å². The van der Waals surface area contributed by atoms with Crippen molar-refractivity contribution in [3.8, 4) is 0 Å². The molecule has 64 valence electrons. The SMILES string of the molecule is CC1CCCC2CCCC2O1. The van der Waals surface area contributed by atoms with Gasteiger partial charge in [0.25, 0.3) is 0 Å². The van der Waals surface area contributed by atoms with Gasteiger partial charge in [-0.1, -0.05) is 12.8 Å². The summed E-state index contributed by atoms with van der Waals surface area (Å²) in [6.07, 6.45) is 9.43. The van der Waals surface area contributed by atoms with Gasteiger partial charge in [-0.3, -0.25) is 0 Å². The van der Waals surface area contributed by atoms with E-state index in [2.05, 4.69) is 6.92 Å². The quantitative estimate of drug-likeness (QED) is 0.521. The van der Waals surface area contributed by atoms with Crippen LogP contribution in [-0.4, -0.2) is 12.2 Å². The summed E-state index contributed by atoms with van der Waals surface area (Å²) in [5, 5.41) is 0. The molecule has 0 N–H and O–H groups in total. The monoisotopic (exact) mass is 154 g/mol. The van der Waals surface area contributed by atoms with Crippen LogP contribution in [0.25, 0.3) is 0 Å². The Morgan fingerprint density at radius 3 is 2.55 bits per heavy atom. The van der Waals surface area contributed by atoms with Crippen molar-refractivity contribution in [2.24, 2.45) is 5.92 Å². The molecule has 2 fully saturated rings. The Morgan fingerprint density at radius 1 is 1.00 bits per heavy atom. The Morgan fingerprint density at radius 2 is 1.73 bits per heavy atom. The van der Waals surface area contributed by atoms with Crippen molar-refractivity contribution < 1.29 is 4.74 Å². The zero-order chi connectivity index (χ0) is 7.68. The summed E-state index contributed by atoms with van der Waals surface area (Å²) in [7, 11) is 0. The first-order valence-electron chi connectivity index (χ1n) is 5.02. The third kappa shape index (κ3) is 1.58. The van der Waals surface area contributed by atoms with Crippen molar-refractivity contribution in [1.29, 1.82) is 0 Å². The van der Waals surface area contributed by atoms with E-state index in [1.54, 1.807) is 0 Å². The fourth-order valence-electron chi connectivity index (χ4n) is 2.55. The fraction of sp³-hybridized carbons (Fsp3) is 1.00. The van der Waals surface area contributed by atoms with E-state index in [-0.39, 0.29) is 0 Å². The maximum Gasteiger partial charge on any atom is 0.0606 e. The van der Waals surface area contributed by atoms with Crippen LogP contribution < -0.4 is 0 Å². The van der Waals surface area contributed by atoms with Crippen molar-refractivity contribution in [2.45, 2.75) is 57.7 Å². The number of hydrogen-bond donors (Lipinski definition) is 0. The van der Waals surface area contributed by atoms with Crippen molar-refractivity contribution in [3.63, 3.8) is 0 Å². The third-order valence-electron chi connectivity index (χ3n) is 3.18. The van der Waals surface area contributed by atoms with Gasteiger partial charge in [-0.05, 0) is 38.5 Å². The summed E-state index contributed by atoms with van der Waals surface area (Å²) in [5.74, 6) is 0.917. The van der Waals surface area contributed by atoms with Crippen LogP contribution in [0.15, 0.2) is 0 Å². The van der Waals surface area contributed by atoms with Gasteiger partial charge in [0.1, 0.15) is 0 Å². The standard InChI is InChI=1S/C10H18O/c1-8-4-2-5-9-6-3-7-10(9)11-8/h8-10H,2-7H2,1H3. The number of rotatable bonds is 0. The van der Waals surface area contributed by atoms with E-state index < -0.39 is 0 Å². The first-order valence-corrected chi connectivity index (χ1v) is 5.02. The summed E-state index contributed by atoms with van der Waals surface area (Å²) >= 11 is 0. The molecule has 3 atom stereocenters. The molecular weight excluding hydrogens is 136 g/mol. The molecule has 0 bridgehead atoms. The molecular formula is C10H18O. The van der Waals surface area contributed by atoms with Gasteiger partial charge in [0.2, 0.25) is 0 Å². The summed E-state index contributed by atoms with van der Waals surface area (Å²) in [6, 6.07) is 0. The molecule has 11 heavy (non-hydrogen) atoms. The van der Waals surface area contributed by atoms with Crippen LogP contribution in [0.4, 0.5) is 0 Å². The van der Waals surface area contributed by atoms with Crippen LogP contribution in [-0.2, 0) is 4.74 Å². The summed E-state index contributed by atoms with van der Waals surface area (Å²) in [5.41, 5.74) is 0. The van der Waals surface area contributed by atoms with Gasteiger partial charge in [0.15, 0.2) is 0 Å². The van der Waals surface area contributed by atoms with Crippen LogP contribution in [0.3, 0.4) is 0 Å². The maximum atomic E-state index is 5.94. The fourth-order valence-corrected chi connectivity index (χ4v) is 2.55. The lowest BCUT2D eigenvalue weighted by Crippen LogP contribution is -2.19. The predicted molar refractivity (Wildman–Crippen MR) is 45.5 cm³/mol. The van der Waals surface area contributed by atoms with Gasteiger partial charge in [0, 0.05) is 0 Å². The molecule has 0 spiro atoms. The molecule has 0 aromatic carbocycles. The van der Waals surface area contributed by atoms with E-state index in [1.807, 2.05) is 0 Å². The normalized spacial score (nSPS) is 45.0. The predicted octanol–water partition coefficient (Wildman–Crippen LogP) is 2.74. The van der Waals surface area contributed by atoms with Gasteiger partial charge in [0.05, 0.1) is 12.2 Å². The van der Waals surface area contributed by atoms with Crippen LogP contribution in [0, 0.1) is 5.92 Å². The Hall–Kier alpha value is -0.0400. The second kappa shape index (κ2) is 3.14. The van der Waals surface area contributed by atoms with Crippen LogP contribution >= 0.6 is 0 Å². The van der Waals surface area contributed by atoms with E-state index in [9.17, 15) is 0 Å². The topological polar surface area (TPSA) is 9.23 Å². The number of fused-ring (bicyclic) bond motifs is 1. The van der Waals surface area contributed by atoms with Gasteiger partial charge >= 0.3 is 0 Å². The number of hydrogen-bond acceptors (Lipinski definition) is 1. The Balaban J connectivity index is 1.98. The Bertz CT molecular complexity index is 133. The van der Waals surface area contributed by atoms with E-state index >= 15 is 0 Å². The van der Waals surface area contributed by atoms with Crippen molar-refractivity contribution >= 4 is 0 Å². The molecule has 2 aliphatic rings. The van der Waals surface area contributed by atoms with E-state index in [0.29, 0.717) is 12.2 Å². The highest BCUT2D eigenvalue weighted by atomic mass is 16.5. The van der Waals surface area contributed by atoms with E-state index in [4.69, 9.17) is 4.74 Å². The minimum absolute atomic E-state index is 0.531. The van der Waals surface area contributed by atoms with E-state index in [1.165, 1.54) is 38.5 Å². The second-order valence-corrected chi connectivity index (χ2v) is 4.11. The minimum atomic E-state index is 0.531. The summed E-state index contributed by atoms with van der Waals surface area (Å²) in [4.78, 5) is 0. The lowest BCUT2D eigenvalue weighted by atomic mass is 10.00. The van der Waals surface area contributed by atoms with Gasteiger partial charge in [-0.15, -0.1) is 0 Å². The first kappa shape index (κ1) is 7.60. The first-order chi connectivity index (χ1) is 5.36. The molecule has 0 amide bonds. The molecule has 1 nitrogen and oxygen atoms in total. The molecule has 3 unspecified atom stereocenters. The largest absolute Gasteiger partial charge is 0.375 e. The maximum absolute atomic E-state index is 5.94. The molecule has 0 aromatic rings. The molecule has 0 aromatic heterocycles.